The molecule has 42 heavy (non-hydrogen) atoms. The molecule has 8 heteroatoms. The Labute approximate surface area is 253 Å². The molecule has 4 rings (SSSR count). The van der Waals surface area contributed by atoms with Crippen LogP contribution in [0.4, 0.5) is 0 Å². The number of nitrogens with two attached hydrogens (primary N) is 2. The van der Waals surface area contributed by atoms with Gasteiger partial charge >= 0.3 is 0 Å². The molecule has 1 saturated heterocycles. The van der Waals surface area contributed by atoms with Gasteiger partial charge < -0.3 is 35.6 Å². The Bertz CT molecular complexity index is 871. The third-order valence-electron chi connectivity index (χ3n) is 11.6. The Balaban J connectivity index is 1.22. The number of carboxylic acids is 1. The van der Waals surface area contributed by atoms with E-state index in [1.807, 2.05) is 0 Å². The smallest absolute Gasteiger partial charge is 0.137 e. The minimum Gasteiger partial charge on any atom is -0.550 e. The standard InChI is InChI=1S/C34H60N2O6/c1-2-3-5-8-22-11-12-24(29(37)18-22)9-6-4-7-10-27(33(40)41)32(39)25-13-14-28-26(20-30(38)34(28,42)21-25)17-23-15-16-36-31(35)19-23/h11-12,22-32,36-39,42H,2-10,13-21,35H2,1H3,(H,40,41). The van der Waals surface area contributed by atoms with E-state index in [0.717, 1.165) is 57.9 Å². The zero-order valence-electron chi connectivity index (χ0n) is 26.0. The molecule has 0 bridgehead atoms. The van der Waals surface area contributed by atoms with Crippen molar-refractivity contribution < 1.29 is 35.6 Å². The van der Waals surface area contributed by atoms with Crippen LogP contribution in [0.1, 0.15) is 116 Å². The topological polar surface area (TPSA) is 164 Å². The highest BCUT2D eigenvalue weighted by molar-refractivity contribution is 5.68. The minimum atomic E-state index is -1.27. The summed E-state index contributed by atoms with van der Waals surface area (Å²) < 4.78 is 0. The maximum absolute atomic E-state index is 12.1. The van der Waals surface area contributed by atoms with E-state index in [9.17, 15) is 30.3 Å². The first-order chi connectivity index (χ1) is 20.1. The maximum Gasteiger partial charge on any atom is 0.137 e. The molecule has 1 aliphatic heterocycles. The molecular formula is C34H60N2O6. The number of hydrogen-bond acceptors (Lipinski definition) is 7. The summed E-state index contributed by atoms with van der Waals surface area (Å²) in [5.74, 6) is -1.20. The number of quaternary nitrogens is 1. The lowest BCUT2D eigenvalue weighted by molar-refractivity contribution is -0.699. The summed E-state index contributed by atoms with van der Waals surface area (Å²) in [7, 11) is 0. The molecule has 0 aromatic heterocycles. The molecule has 3 aliphatic carbocycles. The summed E-state index contributed by atoms with van der Waals surface area (Å²) in [6.45, 7) is 3.23. The summed E-state index contributed by atoms with van der Waals surface area (Å²) in [5, 5.41) is 58.7. The molecule has 3 fully saturated rings. The van der Waals surface area contributed by atoms with Gasteiger partial charge in [-0.3, -0.25) is 5.73 Å². The van der Waals surface area contributed by atoms with Crippen molar-refractivity contribution in [3.05, 3.63) is 12.2 Å². The fourth-order valence-corrected chi connectivity index (χ4v) is 9.17. The minimum absolute atomic E-state index is 0.0182. The molecule has 0 aromatic rings. The van der Waals surface area contributed by atoms with Crippen LogP contribution in [0, 0.1) is 41.4 Å². The fraction of sp³-hybridized carbons (Fsp3) is 0.912. The summed E-state index contributed by atoms with van der Waals surface area (Å²) in [6, 6.07) is 0. The molecule has 0 spiro atoms. The van der Waals surface area contributed by atoms with Crippen molar-refractivity contribution in [3.8, 4) is 0 Å². The molecule has 4 aliphatic rings. The fourth-order valence-electron chi connectivity index (χ4n) is 9.17. The number of aliphatic hydroxyl groups excluding tert-OH is 3. The van der Waals surface area contributed by atoms with Gasteiger partial charge in [0.05, 0.1) is 30.5 Å². The Morgan fingerprint density at radius 1 is 1.05 bits per heavy atom. The van der Waals surface area contributed by atoms with Crippen molar-refractivity contribution in [2.24, 2.45) is 47.2 Å². The molecule has 8 N–H and O–H groups in total. The summed E-state index contributed by atoms with van der Waals surface area (Å²) >= 11 is 0. The largest absolute Gasteiger partial charge is 0.550 e. The van der Waals surface area contributed by atoms with Crippen LogP contribution in [-0.4, -0.2) is 63.0 Å². The van der Waals surface area contributed by atoms with E-state index < -0.39 is 29.7 Å². The van der Waals surface area contributed by atoms with E-state index in [2.05, 4.69) is 24.4 Å². The van der Waals surface area contributed by atoms with Gasteiger partial charge in [0.2, 0.25) is 0 Å². The molecule has 242 valence electrons. The van der Waals surface area contributed by atoms with Gasteiger partial charge in [-0.15, -0.1) is 0 Å². The second-order valence-corrected chi connectivity index (χ2v) is 14.6. The highest BCUT2D eigenvalue weighted by Crippen LogP contribution is 2.53. The monoisotopic (exact) mass is 592 g/mol. The van der Waals surface area contributed by atoms with Crippen molar-refractivity contribution in [2.75, 3.05) is 6.54 Å². The quantitative estimate of drug-likeness (QED) is 0.125. The van der Waals surface area contributed by atoms with Gasteiger partial charge in [0, 0.05) is 24.2 Å². The first kappa shape index (κ1) is 33.9. The molecule has 8 nitrogen and oxygen atoms in total. The lowest BCUT2D eigenvalue weighted by atomic mass is 9.65. The van der Waals surface area contributed by atoms with Gasteiger partial charge in [0.1, 0.15) is 6.17 Å². The van der Waals surface area contributed by atoms with Crippen LogP contribution in [-0.2, 0) is 4.79 Å². The number of aliphatic hydroxyl groups is 4. The first-order valence-corrected chi connectivity index (χ1v) is 17.4. The summed E-state index contributed by atoms with van der Waals surface area (Å²) in [6.07, 6.45) is 16.9. The van der Waals surface area contributed by atoms with Gasteiger partial charge in [0.25, 0.3) is 0 Å². The third-order valence-corrected chi connectivity index (χ3v) is 11.6. The Kier molecular flexibility index (Phi) is 12.7. The number of fused-ring (bicyclic) bond motifs is 1. The average molecular weight is 593 g/mol. The molecule has 0 radical (unpaired) electrons. The van der Waals surface area contributed by atoms with Crippen molar-refractivity contribution in [2.45, 2.75) is 146 Å². The number of carbonyl (C=O) groups is 1. The van der Waals surface area contributed by atoms with Gasteiger partial charge in [-0.05, 0) is 93.8 Å². The molecule has 12 unspecified atom stereocenters. The Hall–Kier alpha value is -1.03. The summed E-state index contributed by atoms with van der Waals surface area (Å²) in [5.41, 5.74) is 4.89. The van der Waals surface area contributed by atoms with Crippen LogP contribution in [0.5, 0.6) is 0 Å². The SMILES string of the molecule is CCCCCC1C=CC(CCCCCC(C(=O)[O-])C(O)C2CCC3C(CC4CC[NH2+]C(N)C4)CC(O)C3(O)C2)C(O)C1. The Morgan fingerprint density at radius 2 is 1.83 bits per heavy atom. The highest BCUT2D eigenvalue weighted by atomic mass is 16.4. The predicted molar refractivity (Wildman–Crippen MR) is 160 cm³/mol. The predicted octanol–water partition coefficient (Wildman–Crippen LogP) is 1.97. The number of unbranched alkanes of at least 4 members (excludes halogenated alkanes) is 4. The first-order valence-electron chi connectivity index (χ1n) is 17.4. The van der Waals surface area contributed by atoms with E-state index in [4.69, 9.17) is 5.73 Å². The van der Waals surface area contributed by atoms with Crippen molar-refractivity contribution in [1.29, 1.82) is 0 Å². The van der Waals surface area contributed by atoms with E-state index in [1.165, 1.54) is 19.3 Å². The second kappa shape index (κ2) is 15.8. The average Bonchev–Trinajstić information content (AvgIpc) is 3.19. The van der Waals surface area contributed by atoms with Crippen LogP contribution >= 0.6 is 0 Å². The van der Waals surface area contributed by atoms with Crippen LogP contribution in [0.2, 0.25) is 0 Å². The number of carboxylic acid groups (broad SMARTS) is 1. The maximum atomic E-state index is 12.1. The number of aliphatic carboxylic acids is 1. The van der Waals surface area contributed by atoms with Gasteiger partial charge in [-0.2, -0.15) is 0 Å². The van der Waals surface area contributed by atoms with Crippen LogP contribution in [0.3, 0.4) is 0 Å². The van der Waals surface area contributed by atoms with Crippen LogP contribution < -0.4 is 16.2 Å². The van der Waals surface area contributed by atoms with Gasteiger partial charge in [0.15, 0.2) is 0 Å². The Morgan fingerprint density at radius 3 is 2.55 bits per heavy atom. The van der Waals surface area contributed by atoms with Crippen LogP contribution in [0.25, 0.3) is 0 Å². The van der Waals surface area contributed by atoms with E-state index in [0.29, 0.717) is 43.9 Å². The summed E-state index contributed by atoms with van der Waals surface area (Å²) in [4.78, 5) is 12.1. The molecule has 0 aromatic carbocycles. The number of piperidine rings is 1. The second-order valence-electron chi connectivity index (χ2n) is 14.6. The normalized spacial score (nSPS) is 40.0. The van der Waals surface area contributed by atoms with Crippen LogP contribution in [0.15, 0.2) is 12.2 Å². The number of carbonyl (C=O) groups excluding carboxylic acids is 1. The van der Waals surface area contributed by atoms with Crippen molar-refractivity contribution in [1.82, 2.24) is 0 Å². The molecule has 12 atom stereocenters. The number of hydrogen-bond donors (Lipinski definition) is 6. The number of rotatable bonds is 15. The van der Waals surface area contributed by atoms with E-state index >= 15 is 0 Å². The zero-order valence-corrected chi connectivity index (χ0v) is 26.0. The molecular weight excluding hydrogens is 532 g/mol. The lowest BCUT2D eigenvalue weighted by Gasteiger charge is -2.45. The van der Waals surface area contributed by atoms with Gasteiger partial charge in [-0.1, -0.05) is 57.6 Å². The van der Waals surface area contributed by atoms with Gasteiger partial charge in [-0.25, -0.2) is 0 Å². The molecule has 1 heterocycles. The molecule has 0 amide bonds. The van der Waals surface area contributed by atoms with Crippen molar-refractivity contribution >= 4 is 5.97 Å². The highest BCUT2D eigenvalue weighted by Gasteiger charge is 2.57. The zero-order chi connectivity index (χ0) is 30.3. The van der Waals surface area contributed by atoms with E-state index in [1.54, 1.807) is 0 Å². The van der Waals surface area contributed by atoms with E-state index in [-0.39, 0.29) is 42.4 Å². The van der Waals surface area contributed by atoms with Crippen molar-refractivity contribution in [3.63, 3.8) is 0 Å². The lowest BCUT2D eigenvalue weighted by Crippen LogP contribution is -2.94. The third kappa shape index (κ3) is 8.57. The molecule has 2 saturated carbocycles. The number of allylic oxidation sites excluding steroid dienone is 1.